The Bertz CT molecular complexity index is 72.9. The van der Waals surface area contributed by atoms with Crippen molar-refractivity contribution in [3.05, 3.63) is 10.4 Å². The van der Waals surface area contributed by atoms with Crippen LogP contribution >= 0.6 is 23.2 Å². The number of rotatable bonds is 1. The van der Waals surface area contributed by atoms with E-state index in [0.717, 1.165) is 0 Å². The molecule has 0 radical (unpaired) electrons. The van der Waals surface area contributed by atoms with E-state index in [4.69, 9.17) is 28.7 Å². The van der Waals surface area contributed by atoms with Crippen LogP contribution in [0.1, 0.15) is 0 Å². The van der Waals surface area contributed by atoms with Gasteiger partial charge in [-0.05, 0) is 5.53 Å². The van der Waals surface area contributed by atoms with Crippen molar-refractivity contribution in [1.29, 1.82) is 0 Å². The molecule has 0 amide bonds. The monoisotopic (exact) mass is 125 g/mol. The molecule has 0 saturated carbocycles. The lowest BCUT2D eigenvalue weighted by molar-refractivity contribution is 1.23. The predicted octanol–water partition coefficient (Wildman–Crippen LogP) is 2.06. The molecule has 34 valence electrons. The Morgan fingerprint density at radius 1 is 1.67 bits per heavy atom. The molecular formula is CHCl2N3. The van der Waals surface area contributed by atoms with E-state index >= 15 is 0 Å². The molecule has 0 saturated heterocycles. The summed E-state index contributed by atoms with van der Waals surface area (Å²) < 4.78 is 0. The molecule has 0 aliphatic heterocycles. The molecule has 0 aromatic carbocycles. The van der Waals surface area contributed by atoms with E-state index in [2.05, 4.69) is 10.0 Å². The van der Waals surface area contributed by atoms with Crippen LogP contribution in [0.2, 0.25) is 0 Å². The van der Waals surface area contributed by atoms with Gasteiger partial charge in [0.2, 0.25) is 0 Å². The Morgan fingerprint density at radius 2 is 2.17 bits per heavy atom. The van der Waals surface area contributed by atoms with Gasteiger partial charge in [-0.25, -0.2) is 0 Å². The van der Waals surface area contributed by atoms with Gasteiger partial charge in [0.15, 0.2) is 4.96 Å². The molecule has 0 bridgehead atoms. The second kappa shape index (κ2) is 3.09. The summed E-state index contributed by atoms with van der Waals surface area (Å²) in [5, 5.41) is 2.84. The van der Waals surface area contributed by atoms with Gasteiger partial charge in [0.1, 0.15) is 0 Å². The van der Waals surface area contributed by atoms with E-state index in [0.29, 0.717) is 0 Å². The summed E-state index contributed by atoms with van der Waals surface area (Å²) in [6.07, 6.45) is 0. The molecule has 0 aliphatic rings. The van der Waals surface area contributed by atoms with E-state index < -0.39 is 4.96 Å². The van der Waals surface area contributed by atoms with Crippen LogP contribution in [0.3, 0.4) is 0 Å². The van der Waals surface area contributed by atoms with Crippen molar-refractivity contribution in [2.75, 3.05) is 0 Å². The zero-order valence-corrected chi connectivity index (χ0v) is 4.19. The normalized spacial score (nSPS) is 7.83. The van der Waals surface area contributed by atoms with E-state index in [1.807, 2.05) is 0 Å². The summed E-state index contributed by atoms with van der Waals surface area (Å²) in [6, 6.07) is 0. The second-order valence-corrected chi connectivity index (χ2v) is 1.53. The molecule has 0 aromatic rings. The second-order valence-electron chi connectivity index (χ2n) is 0.483. The lowest BCUT2D eigenvalue weighted by atomic mass is 11.5. The Morgan fingerprint density at radius 3 is 2.17 bits per heavy atom. The molecule has 0 heterocycles. The number of azide groups is 1. The summed E-state index contributed by atoms with van der Waals surface area (Å²) in [5.74, 6) is 0. The average Bonchev–Trinajstić information content (AvgIpc) is 1.35. The van der Waals surface area contributed by atoms with Crippen molar-refractivity contribution < 1.29 is 0 Å². The van der Waals surface area contributed by atoms with E-state index in [1.54, 1.807) is 0 Å². The molecule has 0 aromatic heterocycles. The van der Waals surface area contributed by atoms with Crippen LogP contribution in [0.15, 0.2) is 5.11 Å². The van der Waals surface area contributed by atoms with Gasteiger partial charge < -0.3 is 0 Å². The molecule has 5 heteroatoms. The van der Waals surface area contributed by atoms with Crippen LogP contribution < -0.4 is 0 Å². The largest absolute Gasteiger partial charge is 0.186 e. The highest BCUT2D eigenvalue weighted by Crippen LogP contribution is 2.00. The van der Waals surface area contributed by atoms with Crippen molar-refractivity contribution in [1.82, 2.24) is 0 Å². The first-order valence-corrected chi connectivity index (χ1v) is 1.97. The number of nitrogens with zero attached hydrogens (tertiary/aromatic N) is 3. The molecule has 0 unspecified atom stereocenters. The van der Waals surface area contributed by atoms with Crippen molar-refractivity contribution in [3.8, 4) is 0 Å². The maximum absolute atomic E-state index is 7.53. The van der Waals surface area contributed by atoms with E-state index in [1.165, 1.54) is 0 Å². The van der Waals surface area contributed by atoms with Crippen LogP contribution in [0.4, 0.5) is 0 Å². The Balaban J connectivity index is 3.29. The third-order valence-electron chi connectivity index (χ3n) is 0.139. The minimum Gasteiger partial charge on any atom is -0.0991 e. The first kappa shape index (κ1) is 5.89. The number of halogens is 2. The van der Waals surface area contributed by atoms with E-state index in [-0.39, 0.29) is 0 Å². The SMILES string of the molecule is [N-]=[N+]=NC(Cl)Cl. The molecule has 0 spiro atoms. The highest BCUT2D eigenvalue weighted by molar-refractivity contribution is 6.44. The molecule has 0 fully saturated rings. The molecule has 0 N–H and O–H groups in total. The lowest BCUT2D eigenvalue weighted by Gasteiger charge is -1.76. The van der Waals surface area contributed by atoms with E-state index in [9.17, 15) is 0 Å². The predicted molar refractivity (Wildman–Crippen MR) is 24.6 cm³/mol. The fourth-order valence-corrected chi connectivity index (χ4v) is 0.117. The van der Waals surface area contributed by atoms with Crippen LogP contribution in [-0.2, 0) is 0 Å². The lowest BCUT2D eigenvalue weighted by Crippen LogP contribution is -1.68. The molecule has 3 nitrogen and oxygen atoms in total. The van der Waals surface area contributed by atoms with Gasteiger partial charge in [-0.1, -0.05) is 28.3 Å². The summed E-state index contributed by atoms with van der Waals surface area (Å²) in [6.45, 7) is 0. The van der Waals surface area contributed by atoms with Gasteiger partial charge in [-0.2, -0.15) is 0 Å². The smallest absolute Gasteiger partial charge is 0.0991 e. The standard InChI is InChI=1S/CHCl2N3/c2-1(3)5-6-4/h1H. The summed E-state index contributed by atoms with van der Waals surface area (Å²) in [5.41, 5.74) is 7.53. The minimum absolute atomic E-state index is 0.949. The number of alkyl halides is 2. The molecule has 0 atom stereocenters. The third kappa shape index (κ3) is 3.89. The highest BCUT2D eigenvalue weighted by Gasteiger charge is 1.85. The Kier molecular flexibility index (Phi) is 3.04. The molecule has 6 heavy (non-hydrogen) atoms. The van der Waals surface area contributed by atoms with Crippen molar-refractivity contribution in [3.63, 3.8) is 0 Å². The average molecular weight is 126 g/mol. The number of hydrogen-bond acceptors (Lipinski definition) is 1. The topological polar surface area (TPSA) is 48.8 Å². The summed E-state index contributed by atoms with van der Waals surface area (Å²) in [4.78, 5) is 1.35. The quantitative estimate of drug-likeness (QED) is 0.170. The minimum atomic E-state index is -0.949. The van der Waals surface area contributed by atoms with Crippen molar-refractivity contribution in [2.45, 2.75) is 4.96 Å². The van der Waals surface area contributed by atoms with Crippen LogP contribution in [0.5, 0.6) is 0 Å². The van der Waals surface area contributed by atoms with Crippen LogP contribution in [-0.4, -0.2) is 4.96 Å². The first-order valence-electron chi connectivity index (χ1n) is 1.09. The van der Waals surface area contributed by atoms with Crippen molar-refractivity contribution >= 4 is 23.2 Å². The fourth-order valence-electron chi connectivity index (χ4n) is 0.0390. The Labute approximate surface area is 44.5 Å². The zero-order chi connectivity index (χ0) is 4.99. The maximum atomic E-state index is 7.53. The van der Waals surface area contributed by atoms with Crippen molar-refractivity contribution in [2.24, 2.45) is 5.11 Å². The summed E-state index contributed by atoms with van der Waals surface area (Å²) in [7, 11) is 0. The molecule has 0 rings (SSSR count). The van der Waals surface area contributed by atoms with Crippen LogP contribution in [0, 0.1) is 0 Å². The molecule has 0 aliphatic carbocycles. The van der Waals surface area contributed by atoms with Gasteiger partial charge in [0.25, 0.3) is 0 Å². The maximum Gasteiger partial charge on any atom is 0.186 e. The van der Waals surface area contributed by atoms with Gasteiger partial charge in [0, 0.05) is 4.91 Å². The molecular weight excluding hydrogens is 125 g/mol. The highest BCUT2D eigenvalue weighted by atomic mass is 35.5. The zero-order valence-electron chi connectivity index (χ0n) is 2.67. The van der Waals surface area contributed by atoms with Gasteiger partial charge in [0.05, 0.1) is 0 Å². The van der Waals surface area contributed by atoms with Gasteiger partial charge in [-0.15, -0.1) is 0 Å². The number of hydrogen-bond donors (Lipinski definition) is 0. The Hall–Kier alpha value is -0.110. The van der Waals surface area contributed by atoms with Gasteiger partial charge in [-0.3, -0.25) is 0 Å². The van der Waals surface area contributed by atoms with Gasteiger partial charge >= 0.3 is 0 Å². The fraction of sp³-hybridized carbons (Fsp3) is 1.00. The third-order valence-corrected chi connectivity index (χ3v) is 0.314. The summed E-state index contributed by atoms with van der Waals surface area (Å²) >= 11 is 9.85. The van der Waals surface area contributed by atoms with Crippen LogP contribution in [0.25, 0.3) is 10.4 Å². The first-order chi connectivity index (χ1) is 2.77.